The molecule has 690 valence electrons. The summed E-state index contributed by atoms with van der Waals surface area (Å²) in [6.45, 7) is 34.0. The van der Waals surface area contributed by atoms with Gasteiger partial charge in [0.2, 0.25) is 0 Å². The topological polar surface area (TPSA) is 122 Å². The van der Waals surface area contributed by atoms with Crippen molar-refractivity contribution in [2.75, 3.05) is 39.3 Å². The number of carbonyl (C=O) groups is 6. The number of thiophene rings is 8. The molecular formula is C106H128N6O6S12. The van der Waals surface area contributed by atoms with Gasteiger partial charge in [-0.3, -0.25) is 38.6 Å². The lowest BCUT2D eigenvalue weighted by Gasteiger charge is -2.29. The summed E-state index contributed by atoms with van der Waals surface area (Å²) in [6, 6.07) is 31.6. The van der Waals surface area contributed by atoms with Gasteiger partial charge >= 0.3 is 0 Å². The molecule has 15 rings (SSSR count). The number of unbranched alkanes of at least 4 members (excludes halogenated alkanes) is 6. The third-order valence-corrected chi connectivity index (χ3v) is 39.4. The largest absolute Gasteiger partial charge is 0.306 e. The van der Waals surface area contributed by atoms with Crippen molar-refractivity contribution in [2.24, 2.45) is 35.5 Å². The van der Waals surface area contributed by atoms with Crippen molar-refractivity contribution in [3.05, 3.63) is 156 Å². The van der Waals surface area contributed by atoms with Crippen LogP contribution in [0.2, 0.25) is 0 Å². The molecule has 0 spiro atoms. The number of thioether (sulfide) groups is 2. The highest BCUT2D eigenvalue weighted by Crippen LogP contribution is 2.59. The van der Waals surface area contributed by atoms with Gasteiger partial charge < -0.3 is 19.6 Å². The van der Waals surface area contributed by atoms with Gasteiger partial charge in [0.25, 0.3) is 35.4 Å². The zero-order valence-corrected chi connectivity index (χ0v) is 88.2. The maximum Gasteiger partial charge on any atom is 0.266 e. The van der Waals surface area contributed by atoms with Crippen LogP contribution in [0.15, 0.2) is 117 Å². The van der Waals surface area contributed by atoms with Crippen molar-refractivity contribution < 1.29 is 28.8 Å². The Kier molecular flexibility index (Phi) is 33.6. The van der Waals surface area contributed by atoms with Crippen molar-refractivity contribution in [3.8, 4) is 40.4 Å². The number of rotatable bonds is 48. The van der Waals surface area contributed by atoms with E-state index in [0.717, 1.165) is 177 Å². The zero-order valence-electron chi connectivity index (χ0n) is 78.4. The summed E-state index contributed by atoms with van der Waals surface area (Å²) in [4.78, 5) is 120. The molecule has 6 unspecified atom stereocenters. The highest BCUT2D eigenvalue weighted by atomic mass is 32.2. The van der Waals surface area contributed by atoms with E-state index in [1.165, 1.54) is 136 Å². The van der Waals surface area contributed by atoms with E-state index >= 15 is 19.2 Å². The van der Waals surface area contributed by atoms with Gasteiger partial charge in [-0.25, -0.2) is 0 Å². The molecule has 2 fully saturated rings. The Balaban J connectivity index is 0.915. The molecule has 1 aromatic carbocycles. The molecule has 6 aliphatic rings. The van der Waals surface area contributed by atoms with E-state index in [4.69, 9.17) is 24.4 Å². The van der Waals surface area contributed by atoms with Gasteiger partial charge in [-0.05, 0) is 185 Å². The summed E-state index contributed by atoms with van der Waals surface area (Å²) in [5.74, 6) is 1.34. The van der Waals surface area contributed by atoms with Crippen LogP contribution in [0.4, 0.5) is 0 Å². The molecule has 0 N–H and O–H groups in total. The Bertz CT molecular complexity index is 5520. The van der Waals surface area contributed by atoms with Crippen molar-refractivity contribution in [3.63, 3.8) is 0 Å². The molecule has 12 nitrogen and oxygen atoms in total. The number of nitrogens with zero attached hydrogens (tertiary/aromatic N) is 6. The Hall–Kier alpha value is -6.52. The van der Waals surface area contributed by atoms with Gasteiger partial charge in [-0.15, -0.1) is 90.7 Å². The molecule has 9 aromatic rings. The number of thiocarbonyl (C=S) groups is 2. The van der Waals surface area contributed by atoms with E-state index < -0.39 is 0 Å². The molecule has 0 saturated carbocycles. The molecule has 6 aliphatic heterocycles. The molecule has 24 heteroatoms. The van der Waals surface area contributed by atoms with Crippen LogP contribution in [-0.4, -0.2) is 113 Å². The third kappa shape index (κ3) is 20.2. The third-order valence-electron chi connectivity index (χ3n) is 27.4. The second-order valence-corrected chi connectivity index (χ2v) is 48.2. The molecule has 2 saturated heterocycles. The Morgan fingerprint density at radius 2 is 0.569 bits per heavy atom. The monoisotopic (exact) mass is 1960 g/mol. The minimum atomic E-state index is -0.120. The predicted octanol–water partition coefficient (Wildman–Crippen LogP) is 31.6. The Labute approximate surface area is 823 Å². The van der Waals surface area contributed by atoms with Gasteiger partial charge in [0.1, 0.15) is 8.64 Å². The summed E-state index contributed by atoms with van der Waals surface area (Å²) in [5, 5.41) is 2.42. The van der Waals surface area contributed by atoms with Crippen LogP contribution in [0.25, 0.3) is 95.5 Å². The van der Waals surface area contributed by atoms with E-state index in [-0.39, 0.29) is 59.1 Å². The molecule has 8 aromatic heterocycles. The fraction of sp³-hybridized carbons (Fsp3) is 0.491. The van der Waals surface area contributed by atoms with E-state index in [0.29, 0.717) is 115 Å². The molecule has 130 heavy (non-hydrogen) atoms. The summed E-state index contributed by atoms with van der Waals surface area (Å²) >= 11 is 28.0. The highest BCUT2D eigenvalue weighted by molar-refractivity contribution is 8.27. The predicted molar refractivity (Wildman–Crippen MR) is 572 cm³/mol. The minimum absolute atomic E-state index is 0.102. The molecule has 0 aliphatic carbocycles. The number of hydrogen-bond acceptors (Lipinski definition) is 18. The number of benzene rings is 1. The van der Waals surface area contributed by atoms with Gasteiger partial charge in [0, 0.05) is 119 Å². The first-order chi connectivity index (χ1) is 63.1. The average Bonchev–Trinajstić information content (AvgIpc) is 1.57. The van der Waals surface area contributed by atoms with Gasteiger partial charge in [-0.1, -0.05) is 259 Å². The summed E-state index contributed by atoms with van der Waals surface area (Å²) in [7, 11) is 0. The van der Waals surface area contributed by atoms with Crippen LogP contribution in [0.5, 0.6) is 0 Å². The van der Waals surface area contributed by atoms with Gasteiger partial charge in [-0.2, -0.15) is 0 Å². The van der Waals surface area contributed by atoms with Gasteiger partial charge in [0.15, 0.2) is 0 Å². The Morgan fingerprint density at radius 1 is 0.292 bits per heavy atom. The maximum atomic E-state index is 16.3. The fourth-order valence-corrected chi connectivity index (χ4v) is 31.7. The average molecular weight is 1970 g/mol. The van der Waals surface area contributed by atoms with Crippen LogP contribution in [0.3, 0.4) is 0 Å². The number of fused-ring (bicyclic) bond motifs is 4. The molecular weight excluding hydrogens is 1840 g/mol. The molecule has 6 amide bonds. The molecule has 14 heterocycles. The summed E-state index contributed by atoms with van der Waals surface area (Å²) < 4.78 is 3.55. The van der Waals surface area contributed by atoms with Crippen LogP contribution >= 0.6 is 139 Å². The smallest absolute Gasteiger partial charge is 0.266 e. The second kappa shape index (κ2) is 44.5. The van der Waals surface area contributed by atoms with Crippen molar-refractivity contribution >= 4 is 238 Å². The van der Waals surface area contributed by atoms with Gasteiger partial charge in [0.05, 0.1) is 74.4 Å². The van der Waals surface area contributed by atoms with E-state index in [2.05, 4.69) is 144 Å². The summed E-state index contributed by atoms with van der Waals surface area (Å²) in [5.41, 5.74) is 7.23. The zero-order chi connectivity index (χ0) is 91.9. The first-order valence-electron chi connectivity index (χ1n) is 48.5. The maximum absolute atomic E-state index is 16.3. The molecule has 0 radical (unpaired) electrons. The normalized spacial score (nSPS) is 17.8. The standard InChI is InChI=1S/C106H128N6O6S12/c1-15-29-35-63(21-7)53-69-41-45-77(121-69)87-73-57-83(75-49-51-81(125-75)95-91-89(101(115)111(95)61-67(25-11)39-33-19-5)93(109(103(91)117)59-65(23-9)37-31-17-3)79-47-43-71(123-79)55-85-99(113)107(27-13)105(119)129-85)128-98(73)88(78-46-42-70(122-78)54-64(22-8)36-30-16-2)74-58-84(127-97(74)87)76-50-52-82(126-76)96-92-90(102(116)112(96)62-68(26-12)40-34-20-6)94(110(104(92)118)60-66(24-10)38-32-18-4)80-48-44-72(124-80)56-86-100(114)108(28-14)106(120)130-86/h41-52,55-58,63-68H,15-40,53-54,59-62H2,1-14H3/b85-55-,86-56-. The summed E-state index contributed by atoms with van der Waals surface area (Å²) in [6.07, 6.45) is 31.2. The first-order valence-corrected chi connectivity index (χ1v) is 57.5. The Morgan fingerprint density at radius 3 is 0.854 bits per heavy atom. The molecule has 0 bridgehead atoms. The highest BCUT2D eigenvalue weighted by Gasteiger charge is 2.53. The number of carbonyl (C=O) groups excluding carboxylic acids is 6. The van der Waals surface area contributed by atoms with E-state index in [1.807, 2.05) is 115 Å². The minimum Gasteiger partial charge on any atom is -0.306 e. The quantitative estimate of drug-likeness (QED) is 0.0269. The SMILES string of the molecule is CCCCC(CC)Cc1ccc(-c2c3cc(-c4ccc(C5=C6C(=O)N(CC(CC)CCCC)C(c7ccc(/C=C8\SC(=S)N(CC)C8=O)s7)=C6C(=O)N5CC(CC)CCCC)s4)sc3c(-c3ccc(CC(CC)CCCC)s3)c3cc(-c4ccc(C5=C6C(=O)N(CC(CC)CCCC)C(c7ccc(/C=C8\SC(=S)N(CC)C8=O)s7)=C6C(=O)N5CC(CC)CCCC)s4)sc23)s1. The van der Waals surface area contributed by atoms with E-state index in [1.54, 1.807) is 32.5 Å². The first kappa shape index (κ1) is 98.0. The van der Waals surface area contributed by atoms with Crippen LogP contribution in [-0.2, 0) is 41.6 Å². The lowest BCUT2D eigenvalue weighted by Crippen LogP contribution is -2.34. The molecule has 6 atom stereocenters. The van der Waals surface area contributed by atoms with Crippen LogP contribution < -0.4 is 0 Å². The van der Waals surface area contributed by atoms with Crippen molar-refractivity contribution in [2.45, 2.75) is 264 Å². The van der Waals surface area contributed by atoms with Crippen LogP contribution in [0, 0.1) is 35.5 Å². The number of likely N-dealkylation sites (N-methyl/N-ethyl adjacent to an activating group) is 2. The number of amides is 6. The van der Waals surface area contributed by atoms with Crippen molar-refractivity contribution in [1.29, 1.82) is 0 Å². The fourth-order valence-electron chi connectivity index (χ4n) is 19.5. The second-order valence-electron chi connectivity index (χ2n) is 36.0. The van der Waals surface area contributed by atoms with E-state index in [9.17, 15) is 9.59 Å². The lowest BCUT2D eigenvalue weighted by molar-refractivity contribution is -0.124. The number of hydrogen-bond donors (Lipinski definition) is 0. The van der Waals surface area contributed by atoms with Crippen LogP contribution in [0.1, 0.15) is 290 Å². The van der Waals surface area contributed by atoms with Crippen molar-refractivity contribution in [1.82, 2.24) is 29.4 Å². The lowest BCUT2D eigenvalue weighted by atomic mass is 9.95.